The Balaban J connectivity index is 2.48. The molecule has 1 saturated heterocycles. The molecule has 1 fully saturated rings. The highest BCUT2D eigenvalue weighted by Gasteiger charge is 2.29. The molecule has 0 aromatic heterocycles. The first-order valence-corrected chi connectivity index (χ1v) is 3.66. The maximum Gasteiger partial charge on any atom is 0.0872 e. The fraction of sp³-hybridized carbons (Fsp3) is 0.750. The van der Waals surface area contributed by atoms with E-state index < -0.39 is 0 Å². The second-order valence-corrected chi connectivity index (χ2v) is 2.80. The standard InChI is InChI=1S/C8H14O2/c1-3-7-4-6(2)10-8(7)5-9/h3,6-9H,1,4-5H2,2H3/t6?,7-,8-/m1/s1. The molecular weight excluding hydrogens is 128 g/mol. The second kappa shape index (κ2) is 3.17. The second-order valence-electron chi connectivity index (χ2n) is 2.80. The first kappa shape index (κ1) is 7.76. The van der Waals surface area contributed by atoms with Gasteiger partial charge in [-0.2, -0.15) is 0 Å². The molecule has 2 heteroatoms. The van der Waals surface area contributed by atoms with Crippen molar-refractivity contribution in [3.63, 3.8) is 0 Å². The van der Waals surface area contributed by atoms with Gasteiger partial charge in [0.25, 0.3) is 0 Å². The Bertz CT molecular complexity index is 122. The minimum absolute atomic E-state index is 0.00694. The Morgan fingerprint density at radius 3 is 2.90 bits per heavy atom. The molecule has 3 atom stereocenters. The summed E-state index contributed by atoms with van der Waals surface area (Å²) in [5.41, 5.74) is 0. The Kier molecular flexibility index (Phi) is 2.46. The quantitative estimate of drug-likeness (QED) is 0.582. The van der Waals surface area contributed by atoms with E-state index in [-0.39, 0.29) is 18.8 Å². The largest absolute Gasteiger partial charge is 0.394 e. The van der Waals surface area contributed by atoms with E-state index in [4.69, 9.17) is 9.84 Å². The van der Waals surface area contributed by atoms with Crippen LogP contribution in [-0.2, 0) is 4.74 Å². The average molecular weight is 142 g/mol. The van der Waals surface area contributed by atoms with Crippen LogP contribution in [0, 0.1) is 5.92 Å². The lowest BCUT2D eigenvalue weighted by molar-refractivity contribution is 0.0119. The molecule has 0 radical (unpaired) electrons. The van der Waals surface area contributed by atoms with Gasteiger partial charge >= 0.3 is 0 Å². The van der Waals surface area contributed by atoms with Gasteiger partial charge in [-0.05, 0) is 13.3 Å². The average Bonchev–Trinajstić information content (AvgIpc) is 2.30. The summed E-state index contributed by atoms with van der Waals surface area (Å²) in [5.74, 6) is 0.347. The zero-order valence-corrected chi connectivity index (χ0v) is 6.29. The Hall–Kier alpha value is -0.340. The number of rotatable bonds is 2. The van der Waals surface area contributed by atoms with Crippen molar-refractivity contribution in [1.82, 2.24) is 0 Å². The molecule has 0 aliphatic carbocycles. The van der Waals surface area contributed by atoms with Gasteiger partial charge in [0.2, 0.25) is 0 Å². The molecule has 1 aliphatic rings. The molecule has 0 bridgehead atoms. The van der Waals surface area contributed by atoms with Crippen molar-refractivity contribution in [1.29, 1.82) is 0 Å². The van der Waals surface area contributed by atoms with Gasteiger partial charge in [0.1, 0.15) is 0 Å². The van der Waals surface area contributed by atoms with Crippen LogP contribution >= 0.6 is 0 Å². The van der Waals surface area contributed by atoms with Gasteiger partial charge in [-0.3, -0.25) is 0 Å². The van der Waals surface area contributed by atoms with Crippen molar-refractivity contribution < 1.29 is 9.84 Å². The predicted octanol–water partition coefficient (Wildman–Crippen LogP) is 0.958. The molecule has 0 aromatic carbocycles. The molecule has 58 valence electrons. The summed E-state index contributed by atoms with van der Waals surface area (Å²) in [5, 5.41) is 8.81. The highest BCUT2D eigenvalue weighted by atomic mass is 16.5. The fourth-order valence-electron chi connectivity index (χ4n) is 1.42. The normalized spacial score (nSPS) is 40.0. The van der Waals surface area contributed by atoms with Crippen LogP contribution in [0.15, 0.2) is 12.7 Å². The van der Waals surface area contributed by atoms with E-state index in [2.05, 4.69) is 6.58 Å². The van der Waals surface area contributed by atoms with Gasteiger partial charge < -0.3 is 9.84 Å². The number of aliphatic hydroxyl groups is 1. The van der Waals surface area contributed by atoms with Crippen LogP contribution in [0.5, 0.6) is 0 Å². The number of hydrogen-bond donors (Lipinski definition) is 1. The highest BCUT2D eigenvalue weighted by molar-refractivity contribution is 4.91. The first-order valence-electron chi connectivity index (χ1n) is 3.66. The smallest absolute Gasteiger partial charge is 0.0872 e. The van der Waals surface area contributed by atoms with Crippen LogP contribution in [-0.4, -0.2) is 23.9 Å². The van der Waals surface area contributed by atoms with Gasteiger partial charge in [-0.1, -0.05) is 6.08 Å². The van der Waals surface area contributed by atoms with Crippen molar-refractivity contribution in [2.45, 2.75) is 25.6 Å². The Morgan fingerprint density at radius 1 is 1.80 bits per heavy atom. The predicted molar refractivity (Wildman–Crippen MR) is 39.7 cm³/mol. The van der Waals surface area contributed by atoms with Crippen molar-refractivity contribution in [3.8, 4) is 0 Å². The summed E-state index contributed by atoms with van der Waals surface area (Å²) in [6.07, 6.45) is 3.13. The molecule has 1 rings (SSSR count). The van der Waals surface area contributed by atoms with E-state index in [0.717, 1.165) is 6.42 Å². The lowest BCUT2D eigenvalue weighted by Crippen LogP contribution is -2.18. The van der Waals surface area contributed by atoms with E-state index in [1.807, 2.05) is 13.0 Å². The summed E-state index contributed by atoms with van der Waals surface area (Å²) >= 11 is 0. The molecule has 1 heterocycles. The van der Waals surface area contributed by atoms with Gasteiger partial charge in [-0.25, -0.2) is 0 Å². The van der Waals surface area contributed by atoms with Gasteiger partial charge in [0.15, 0.2) is 0 Å². The number of ether oxygens (including phenoxy) is 1. The van der Waals surface area contributed by atoms with Crippen molar-refractivity contribution in [2.75, 3.05) is 6.61 Å². The third kappa shape index (κ3) is 1.39. The zero-order chi connectivity index (χ0) is 7.56. The summed E-state index contributed by atoms with van der Waals surface area (Å²) in [4.78, 5) is 0. The fourth-order valence-corrected chi connectivity index (χ4v) is 1.42. The number of hydrogen-bond acceptors (Lipinski definition) is 2. The van der Waals surface area contributed by atoms with Crippen LogP contribution in [0.4, 0.5) is 0 Å². The van der Waals surface area contributed by atoms with E-state index >= 15 is 0 Å². The van der Waals surface area contributed by atoms with Gasteiger partial charge in [-0.15, -0.1) is 6.58 Å². The molecule has 0 amide bonds. The van der Waals surface area contributed by atoms with Crippen LogP contribution in [0.25, 0.3) is 0 Å². The highest BCUT2D eigenvalue weighted by Crippen LogP contribution is 2.26. The molecule has 0 spiro atoms. The molecule has 1 unspecified atom stereocenters. The Labute approximate surface area is 61.5 Å². The van der Waals surface area contributed by atoms with Crippen LogP contribution in [0.3, 0.4) is 0 Å². The topological polar surface area (TPSA) is 29.5 Å². The molecular formula is C8H14O2. The van der Waals surface area contributed by atoms with Crippen molar-refractivity contribution in [2.24, 2.45) is 5.92 Å². The van der Waals surface area contributed by atoms with Crippen LogP contribution < -0.4 is 0 Å². The number of aliphatic hydroxyl groups excluding tert-OH is 1. The van der Waals surface area contributed by atoms with Crippen molar-refractivity contribution in [3.05, 3.63) is 12.7 Å². The van der Waals surface area contributed by atoms with E-state index in [1.54, 1.807) is 0 Å². The first-order chi connectivity index (χ1) is 4.77. The molecule has 0 saturated carbocycles. The SMILES string of the molecule is C=C[C@@H]1CC(C)O[C@@H]1CO. The van der Waals surface area contributed by atoms with E-state index in [1.165, 1.54) is 0 Å². The van der Waals surface area contributed by atoms with Crippen LogP contribution in [0.2, 0.25) is 0 Å². The summed E-state index contributed by atoms with van der Waals surface area (Å²) in [7, 11) is 0. The molecule has 2 nitrogen and oxygen atoms in total. The minimum Gasteiger partial charge on any atom is -0.394 e. The summed E-state index contributed by atoms with van der Waals surface area (Å²) in [6.45, 7) is 5.82. The Morgan fingerprint density at radius 2 is 2.50 bits per heavy atom. The molecule has 10 heavy (non-hydrogen) atoms. The maximum atomic E-state index is 8.81. The zero-order valence-electron chi connectivity index (χ0n) is 6.29. The van der Waals surface area contributed by atoms with Crippen molar-refractivity contribution >= 4 is 0 Å². The van der Waals surface area contributed by atoms with Gasteiger partial charge in [0, 0.05) is 5.92 Å². The monoisotopic (exact) mass is 142 g/mol. The lowest BCUT2D eigenvalue weighted by atomic mass is 10.0. The van der Waals surface area contributed by atoms with Gasteiger partial charge in [0.05, 0.1) is 18.8 Å². The summed E-state index contributed by atoms with van der Waals surface area (Å²) in [6, 6.07) is 0. The molecule has 1 aliphatic heterocycles. The third-order valence-corrected chi connectivity index (χ3v) is 1.97. The van der Waals surface area contributed by atoms with Crippen LogP contribution in [0.1, 0.15) is 13.3 Å². The lowest BCUT2D eigenvalue weighted by Gasteiger charge is -2.10. The maximum absolute atomic E-state index is 8.81. The minimum atomic E-state index is -0.00694. The summed E-state index contributed by atoms with van der Waals surface area (Å²) < 4.78 is 5.39. The van der Waals surface area contributed by atoms with E-state index in [0.29, 0.717) is 5.92 Å². The molecule has 1 N–H and O–H groups in total. The third-order valence-electron chi connectivity index (χ3n) is 1.97. The van der Waals surface area contributed by atoms with E-state index in [9.17, 15) is 0 Å². The molecule has 0 aromatic rings.